The van der Waals surface area contributed by atoms with Crippen molar-refractivity contribution in [3.63, 3.8) is 0 Å². The summed E-state index contributed by atoms with van der Waals surface area (Å²) in [5.41, 5.74) is 0.254. The normalized spacial score (nSPS) is 12.7. The van der Waals surface area contributed by atoms with Crippen LogP contribution in [0.1, 0.15) is 19.4 Å². The molecule has 0 aliphatic carbocycles. The molecule has 6 heteroatoms. The lowest BCUT2D eigenvalue weighted by Gasteiger charge is -2.26. The fourth-order valence-corrected chi connectivity index (χ4v) is 3.54. The van der Waals surface area contributed by atoms with Gasteiger partial charge in [-0.05, 0) is 31.5 Å². The van der Waals surface area contributed by atoms with Crippen LogP contribution >= 0.6 is 27.5 Å². The zero-order valence-corrected chi connectivity index (χ0v) is 12.9. The number of hydrogen-bond acceptors (Lipinski definition) is 2. The Morgan fingerprint density at radius 3 is 2.29 bits per heavy atom. The van der Waals surface area contributed by atoms with Crippen molar-refractivity contribution in [2.75, 3.05) is 11.6 Å². The number of sulfonamides is 1. The number of alkyl halides is 1. The molecule has 1 aromatic rings. The van der Waals surface area contributed by atoms with Gasteiger partial charge in [-0.3, -0.25) is 0 Å². The molecular formula is C11H15BrClNO2S. The van der Waals surface area contributed by atoms with Crippen LogP contribution in [0.15, 0.2) is 28.7 Å². The first kappa shape index (κ1) is 15.0. The Morgan fingerprint density at radius 1 is 1.29 bits per heavy atom. The summed E-state index contributed by atoms with van der Waals surface area (Å²) in [7, 11) is -3.34. The van der Waals surface area contributed by atoms with Crippen molar-refractivity contribution in [1.82, 2.24) is 4.72 Å². The van der Waals surface area contributed by atoms with E-state index in [1.54, 1.807) is 0 Å². The van der Waals surface area contributed by atoms with Gasteiger partial charge in [0, 0.05) is 10.4 Å². The van der Waals surface area contributed by atoms with Crippen LogP contribution in [0.3, 0.4) is 0 Å². The van der Waals surface area contributed by atoms with Crippen molar-refractivity contribution in [2.45, 2.75) is 19.4 Å². The van der Waals surface area contributed by atoms with E-state index < -0.39 is 15.6 Å². The van der Waals surface area contributed by atoms with Gasteiger partial charge in [-0.15, -0.1) is 11.6 Å². The number of halogens is 2. The van der Waals surface area contributed by atoms with Crippen LogP contribution in [-0.4, -0.2) is 20.1 Å². The third kappa shape index (κ3) is 4.58. The zero-order valence-electron chi connectivity index (χ0n) is 9.70. The van der Waals surface area contributed by atoms with Gasteiger partial charge in [0.15, 0.2) is 0 Å². The van der Waals surface area contributed by atoms with Crippen LogP contribution in [0, 0.1) is 0 Å². The summed E-state index contributed by atoms with van der Waals surface area (Å²) in [6.07, 6.45) is 0. The van der Waals surface area contributed by atoms with Gasteiger partial charge in [0.25, 0.3) is 0 Å². The third-order valence-electron chi connectivity index (χ3n) is 2.32. The molecule has 0 amide bonds. The van der Waals surface area contributed by atoms with Crippen LogP contribution in [-0.2, 0) is 15.6 Å². The standard InChI is InChI=1S/C11H15BrClNO2S/c1-11(2,14-17(15,16)8-7-13)9-3-5-10(12)6-4-9/h3-6,14H,7-8H2,1-2H3. The lowest BCUT2D eigenvalue weighted by atomic mass is 9.96. The van der Waals surface area contributed by atoms with Gasteiger partial charge < -0.3 is 0 Å². The Kier molecular flexibility index (Phi) is 5.01. The molecule has 1 aromatic carbocycles. The molecule has 0 saturated carbocycles. The summed E-state index contributed by atoms with van der Waals surface area (Å²) in [5, 5.41) is 0. The van der Waals surface area contributed by atoms with Crippen LogP contribution in [0.25, 0.3) is 0 Å². The number of hydrogen-bond donors (Lipinski definition) is 1. The fraction of sp³-hybridized carbons (Fsp3) is 0.455. The molecule has 17 heavy (non-hydrogen) atoms. The predicted molar refractivity (Wildman–Crippen MR) is 74.8 cm³/mol. The first-order chi connectivity index (χ1) is 7.77. The molecule has 3 nitrogen and oxygen atoms in total. The van der Waals surface area contributed by atoms with Crippen LogP contribution in [0.4, 0.5) is 0 Å². The minimum Gasteiger partial charge on any atom is -0.212 e. The maximum Gasteiger partial charge on any atom is 0.213 e. The molecule has 0 heterocycles. The summed E-state index contributed by atoms with van der Waals surface area (Å²) >= 11 is 8.80. The van der Waals surface area contributed by atoms with Crippen molar-refractivity contribution in [2.24, 2.45) is 0 Å². The quantitative estimate of drug-likeness (QED) is 0.838. The monoisotopic (exact) mass is 339 g/mol. The van der Waals surface area contributed by atoms with Crippen LogP contribution < -0.4 is 4.72 Å². The maximum atomic E-state index is 11.7. The van der Waals surface area contributed by atoms with E-state index in [4.69, 9.17) is 11.6 Å². The molecule has 0 radical (unpaired) electrons. The van der Waals surface area contributed by atoms with Gasteiger partial charge in [-0.25, -0.2) is 13.1 Å². The van der Waals surface area contributed by atoms with Gasteiger partial charge in [-0.2, -0.15) is 0 Å². The molecule has 0 fully saturated rings. The van der Waals surface area contributed by atoms with Crippen molar-refractivity contribution in [1.29, 1.82) is 0 Å². The topological polar surface area (TPSA) is 46.2 Å². The van der Waals surface area contributed by atoms with Crippen molar-refractivity contribution < 1.29 is 8.42 Å². The average molecular weight is 341 g/mol. The Labute approximate surface area is 116 Å². The van der Waals surface area contributed by atoms with Crippen molar-refractivity contribution in [3.8, 4) is 0 Å². The first-order valence-corrected chi connectivity index (χ1v) is 8.08. The summed E-state index contributed by atoms with van der Waals surface area (Å²) < 4.78 is 27.0. The van der Waals surface area contributed by atoms with E-state index in [1.165, 1.54) is 0 Å². The minimum atomic E-state index is -3.34. The molecule has 0 spiro atoms. The summed E-state index contributed by atoms with van der Waals surface area (Å²) in [4.78, 5) is 0. The number of benzene rings is 1. The Balaban J connectivity index is 2.92. The second-order valence-electron chi connectivity index (χ2n) is 4.24. The molecule has 0 bridgehead atoms. The Bertz CT molecular complexity index is 471. The highest BCUT2D eigenvalue weighted by Crippen LogP contribution is 2.23. The SMILES string of the molecule is CC(C)(NS(=O)(=O)CCCl)c1ccc(Br)cc1. The summed E-state index contributed by atoms with van der Waals surface area (Å²) in [5.74, 6) is 0.0142. The Morgan fingerprint density at radius 2 is 1.82 bits per heavy atom. The molecule has 0 aliphatic heterocycles. The minimum absolute atomic E-state index is 0.0749. The van der Waals surface area contributed by atoms with Crippen LogP contribution in [0.5, 0.6) is 0 Å². The lowest BCUT2D eigenvalue weighted by Crippen LogP contribution is -2.42. The van der Waals surface area contributed by atoms with E-state index >= 15 is 0 Å². The molecule has 96 valence electrons. The second-order valence-corrected chi connectivity index (χ2v) is 7.38. The molecule has 1 N–H and O–H groups in total. The molecule has 0 atom stereocenters. The fourth-order valence-electron chi connectivity index (χ4n) is 1.47. The first-order valence-electron chi connectivity index (χ1n) is 5.10. The van der Waals surface area contributed by atoms with Crippen molar-refractivity contribution >= 4 is 37.6 Å². The predicted octanol–water partition coefficient (Wildman–Crippen LogP) is 2.84. The molecule has 0 unspecified atom stereocenters. The van der Waals surface area contributed by atoms with E-state index in [0.29, 0.717) is 0 Å². The van der Waals surface area contributed by atoms with E-state index in [1.807, 2.05) is 38.1 Å². The second kappa shape index (κ2) is 5.69. The molecule has 1 rings (SSSR count). The highest BCUT2D eigenvalue weighted by Gasteiger charge is 2.26. The van der Waals surface area contributed by atoms with Gasteiger partial charge >= 0.3 is 0 Å². The number of rotatable bonds is 5. The molecule has 0 aliphatic rings. The highest BCUT2D eigenvalue weighted by atomic mass is 79.9. The largest absolute Gasteiger partial charge is 0.213 e. The summed E-state index contributed by atoms with van der Waals surface area (Å²) in [6.45, 7) is 3.64. The smallest absolute Gasteiger partial charge is 0.212 e. The van der Waals surface area contributed by atoms with Gasteiger partial charge in [0.05, 0.1) is 11.3 Å². The lowest BCUT2D eigenvalue weighted by molar-refractivity contribution is 0.472. The maximum absolute atomic E-state index is 11.7. The van der Waals surface area contributed by atoms with Gasteiger partial charge in [0.1, 0.15) is 0 Å². The third-order valence-corrected chi connectivity index (χ3v) is 4.83. The van der Waals surface area contributed by atoms with Crippen LogP contribution in [0.2, 0.25) is 0 Å². The molecule has 0 saturated heterocycles. The number of nitrogens with one attached hydrogen (secondary N) is 1. The summed E-state index contributed by atoms with van der Waals surface area (Å²) in [6, 6.07) is 7.53. The van der Waals surface area contributed by atoms with E-state index in [-0.39, 0.29) is 11.6 Å². The van der Waals surface area contributed by atoms with Gasteiger partial charge in [-0.1, -0.05) is 28.1 Å². The highest BCUT2D eigenvalue weighted by molar-refractivity contribution is 9.10. The van der Waals surface area contributed by atoms with Gasteiger partial charge in [0.2, 0.25) is 10.0 Å². The van der Waals surface area contributed by atoms with E-state index in [9.17, 15) is 8.42 Å². The van der Waals surface area contributed by atoms with E-state index in [2.05, 4.69) is 20.7 Å². The molecule has 0 aromatic heterocycles. The molecular weight excluding hydrogens is 326 g/mol. The van der Waals surface area contributed by atoms with E-state index in [0.717, 1.165) is 10.0 Å². The average Bonchev–Trinajstić information content (AvgIpc) is 2.16. The van der Waals surface area contributed by atoms with Crippen molar-refractivity contribution in [3.05, 3.63) is 34.3 Å². The Hall–Kier alpha value is -0.100. The zero-order chi connectivity index (χ0) is 13.1.